The molecule has 1 atom stereocenters. The predicted octanol–water partition coefficient (Wildman–Crippen LogP) is 6.38. The highest BCUT2D eigenvalue weighted by Gasteiger charge is 2.35. The zero-order valence-corrected chi connectivity index (χ0v) is 22.1. The van der Waals surface area contributed by atoms with E-state index in [0.717, 1.165) is 11.8 Å². The van der Waals surface area contributed by atoms with Gasteiger partial charge < -0.3 is 4.57 Å². The van der Waals surface area contributed by atoms with Crippen molar-refractivity contribution in [2.75, 3.05) is 4.90 Å². The Morgan fingerprint density at radius 2 is 1.84 bits per heavy atom. The van der Waals surface area contributed by atoms with Crippen molar-refractivity contribution < 1.29 is 18.0 Å². The maximum atomic E-state index is 13.2. The van der Waals surface area contributed by atoms with Crippen molar-refractivity contribution in [3.05, 3.63) is 59.0 Å². The van der Waals surface area contributed by atoms with Crippen LogP contribution in [0.5, 0.6) is 0 Å². The van der Waals surface area contributed by atoms with Gasteiger partial charge in [-0.2, -0.15) is 23.4 Å². The Bertz CT molecular complexity index is 1480. The molecular weight excluding hydrogens is 519 g/mol. The molecule has 0 N–H and O–H groups in total. The standard InChI is InChI=1S/C26H27ClF3N7O/c1-5-34-14-21(26(28,29)30)32-25(34)18-8-6-17(7-9-18)16(4)36-22-12-20(33-35(22)11-10-23(36)38)24-19(27)13-31-37(24)15(2)3/h6-9,12-16H,5,10-11H2,1-4H3/t16-/m1/s1. The van der Waals surface area contributed by atoms with Crippen molar-refractivity contribution in [3.63, 3.8) is 0 Å². The number of halogens is 4. The minimum absolute atomic E-state index is 0.0414. The zero-order chi connectivity index (χ0) is 27.4. The molecule has 0 bridgehead atoms. The predicted molar refractivity (Wildman–Crippen MR) is 138 cm³/mol. The molecule has 1 aliphatic heterocycles. The van der Waals surface area contributed by atoms with Gasteiger partial charge in [-0.3, -0.25) is 14.4 Å². The number of aromatic nitrogens is 6. The molecule has 1 aliphatic rings. The summed E-state index contributed by atoms with van der Waals surface area (Å²) in [4.78, 5) is 18.6. The number of hydrogen-bond acceptors (Lipinski definition) is 4. The lowest BCUT2D eigenvalue weighted by Gasteiger charge is -2.33. The third kappa shape index (κ3) is 4.48. The van der Waals surface area contributed by atoms with Crippen LogP contribution in [0.2, 0.25) is 5.02 Å². The minimum atomic E-state index is -4.52. The van der Waals surface area contributed by atoms with Crippen molar-refractivity contribution in [3.8, 4) is 22.8 Å². The number of anilines is 1. The van der Waals surface area contributed by atoms with Crippen LogP contribution in [-0.2, 0) is 24.1 Å². The lowest BCUT2D eigenvalue weighted by Crippen LogP contribution is -2.39. The van der Waals surface area contributed by atoms with Crippen molar-refractivity contribution in [1.82, 2.24) is 29.1 Å². The second-order valence-corrected chi connectivity index (χ2v) is 9.94. The van der Waals surface area contributed by atoms with Gasteiger partial charge in [0.2, 0.25) is 5.91 Å². The number of carbonyl (C=O) groups excluding carboxylic acids is 1. The molecule has 12 heteroatoms. The number of nitrogens with zero attached hydrogens (tertiary/aromatic N) is 7. The number of fused-ring (bicyclic) bond motifs is 1. The molecule has 0 unspecified atom stereocenters. The minimum Gasteiger partial charge on any atom is -0.331 e. The van der Waals surface area contributed by atoms with E-state index in [2.05, 4.69) is 10.1 Å². The summed E-state index contributed by atoms with van der Waals surface area (Å²) in [5, 5.41) is 9.57. The summed E-state index contributed by atoms with van der Waals surface area (Å²) in [5.41, 5.74) is 1.79. The molecule has 0 saturated heterocycles. The molecule has 0 saturated carbocycles. The van der Waals surface area contributed by atoms with Crippen molar-refractivity contribution in [1.29, 1.82) is 0 Å². The first kappa shape index (κ1) is 26.0. The van der Waals surface area contributed by atoms with E-state index in [9.17, 15) is 18.0 Å². The van der Waals surface area contributed by atoms with E-state index in [1.807, 2.05) is 39.0 Å². The highest BCUT2D eigenvalue weighted by molar-refractivity contribution is 6.33. The van der Waals surface area contributed by atoms with Gasteiger partial charge in [-0.05, 0) is 33.3 Å². The van der Waals surface area contributed by atoms with E-state index in [4.69, 9.17) is 16.7 Å². The summed E-state index contributed by atoms with van der Waals surface area (Å²) < 4.78 is 44.7. The molecule has 4 aromatic rings. The SMILES string of the molecule is CCn1cc(C(F)(F)F)nc1-c1ccc([C@@H](C)N2C(=O)CCn3nc(-c4c(Cl)cnn4C(C)C)cc32)cc1. The lowest BCUT2D eigenvalue weighted by molar-refractivity contribution is -0.140. The summed E-state index contributed by atoms with van der Waals surface area (Å²) in [5.74, 6) is 0.853. The van der Waals surface area contributed by atoms with Crippen molar-refractivity contribution in [2.24, 2.45) is 0 Å². The van der Waals surface area contributed by atoms with Crippen molar-refractivity contribution in [2.45, 2.75) is 65.5 Å². The maximum absolute atomic E-state index is 13.2. The normalized spacial score (nSPS) is 14.9. The van der Waals surface area contributed by atoms with E-state index in [1.54, 1.807) is 39.5 Å². The molecule has 1 aromatic carbocycles. The third-order valence-corrected chi connectivity index (χ3v) is 7.02. The van der Waals surface area contributed by atoms with E-state index < -0.39 is 11.9 Å². The second-order valence-electron chi connectivity index (χ2n) is 9.54. The number of aryl methyl sites for hydroxylation is 2. The van der Waals surface area contributed by atoms with Crippen LogP contribution in [0, 0.1) is 0 Å². The largest absolute Gasteiger partial charge is 0.434 e. The van der Waals surface area contributed by atoms with Crippen LogP contribution in [0.25, 0.3) is 22.8 Å². The van der Waals surface area contributed by atoms with Crippen LogP contribution in [0.15, 0.2) is 42.7 Å². The van der Waals surface area contributed by atoms with Gasteiger partial charge in [0.15, 0.2) is 5.69 Å². The summed E-state index contributed by atoms with van der Waals surface area (Å²) >= 11 is 6.44. The maximum Gasteiger partial charge on any atom is 0.434 e. The monoisotopic (exact) mass is 545 g/mol. The molecule has 1 amide bonds. The Hall–Kier alpha value is -3.60. The molecule has 8 nitrogen and oxygen atoms in total. The number of hydrogen-bond donors (Lipinski definition) is 0. The highest BCUT2D eigenvalue weighted by Crippen LogP contribution is 2.37. The molecule has 0 fully saturated rings. The molecular formula is C26H27ClF3N7O. The number of imidazole rings is 1. The van der Waals surface area contributed by atoms with E-state index >= 15 is 0 Å². The van der Waals surface area contributed by atoms with Gasteiger partial charge >= 0.3 is 6.18 Å². The quantitative estimate of drug-likeness (QED) is 0.282. The Morgan fingerprint density at radius 1 is 1.13 bits per heavy atom. The molecule has 5 rings (SSSR count). The Labute approximate surface area is 222 Å². The highest BCUT2D eigenvalue weighted by atomic mass is 35.5. The number of carbonyl (C=O) groups is 1. The fraction of sp³-hybridized carbons (Fsp3) is 0.385. The molecule has 0 spiro atoms. The van der Waals surface area contributed by atoms with Gasteiger partial charge in [-0.25, -0.2) is 9.67 Å². The van der Waals surface area contributed by atoms with Crippen molar-refractivity contribution >= 4 is 23.3 Å². The van der Waals surface area contributed by atoms with Crippen LogP contribution in [0.4, 0.5) is 19.0 Å². The van der Waals surface area contributed by atoms with Gasteiger partial charge in [-0.1, -0.05) is 35.9 Å². The number of amides is 1. The average Bonchev–Trinajstić information content (AvgIpc) is 3.59. The van der Waals surface area contributed by atoms with Gasteiger partial charge in [-0.15, -0.1) is 0 Å². The zero-order valence-electron chi connectivity index (χ0n) is 21.4. The number of alkyl halides is 3. The molecule has 0 radical (unpaired) electrons. The molecule has 0 aliphatic carbocycles. The Kier molecular flexibility index (Phi) is 6.58. The molecule has 4 heterocycles. The van der Waals surface area contributed by atoms with E-state index in [1.165, 1.54) is 4.57 Å². The lowest BCUT2D eigenvalue weighted by atomic mass is 10.0. The van der Waals surface area contributed by atoms with Gasteiger partial charge in [0.25, 0.3) is 0 Å². The first-order chi connectivity index (χ1) is 18.0. The van der Waals surface area contributed by atoms with Crippen LogP contribution in [0.1, 0.15) is 57.5 Å². The summed E-state index contributed by atoms with van der Waals surface area (Å²) in [7, 11) is 0. The van der Waals surface area contributed by atoms with Crippen LogP contribution in [-0.4, -0.2) is 35.0 Å². The Morgan fingerprint density at radius 3 is 2.47 bits per heavy atom. The van der Waals surface area contributed by atoms with Gasteiger partial charge in [0.05, 0.1) is 23.8 Å². The summed E-state index contributed by atoms with van der Waals surface area (Å²) in [6.45, 7) is 8.48. The van der Waals surface area contributed by atoms with Crippen LogP contribution < -0.4 is 4.90 Å². The Balaban J connectivity index is 1.47. The number of benzene rings is 1. The van der Waals surface area contributed by atoms with E-state index in [-0.39, 0.29) is 23.8 Å². The summed E-state index contributed by atoms with van der Waals surface area (Å²) in [6.07, 6.45) is -1.61. The average molecular weight is 546 g/mol. The molecule has 38 heavy (non-hydrogen) atoms. The fourth-order valence-electron chi connectivity index (χ4n) is 4.80. The summed E-state index contributed by atoms with van der Waals surface area (Å²) in [6, 6.07) is 8.67. The van der Waals surface area contributed by atoms with Gasteiger partial charge in [0.1, 0.15) is 23.0 Å². The smallest absolute Gasteiger partial charge is 0.331 e. The van der Waals surface area contributed by atoms with E-state index in [0.29, 0.717) is 47.3 Å². The molecule has 200 valence electrons. The van der Waals surface area contributed by atoms with Crippen LogP contribution >= 0.6 is 11.6 Å². The molecule has 3 aromatic heterocycles. The second kappa shape index (κ2) is 9.61. The van der Waals surface area contributed by atoms with Gasteiger partial charge in [0, 0.05) is 36.8 Å². The number of rotatable bonds is 6. The first-order valence-electron chi connectivity index (χ1n) is 12.4. The van der Waals surface area contributed by atoms with Crippen LogP contribution in [0.3, 0.4) is 0 Å². The third-order valence-electron chi connectivity index (χ3n) is 6.74. The first-order valence-corrected chi connectivity index (χ1v) is 12.7. The topological polar surface area (TPSA) is 73.8 Å². The fourth-order valence-corrected chi connectivity index (χ4v) is 5.03.